The van der Waals surface area contributed by atoms with E-state index in [9.17, 15) is 14.9 Å². The minimum absolute atomic E-state index is 0.0848. The molecule has 0 atom stereocenters. The van der Waals surface area contributed by atoms with Crippen LogP contribution in [0.5, 0.6) is 0 Å². The number of furan rings is 1. The molecule has 132 valence electrons. The molecule has 2 aromatic heterocycles. The number of nitrogens with one attached hydrogen (secondary N) is 1. The van der Waals surface area contributed by atoms with Crippen molar-refractivity contribution in [2.75, 3.05) is 0 Å². The lowest BCUT2D eigenvalue weighted by atomic mass is 10.2. The molecular weight excluding hydrogens is 453 g/mol. The topological polar surface area (TPSA) is 116 Å². The third-order valence-electron chi connectivity index (χ3n) is 3.31. The van der Waals surface area contributed by atoms with Crippen molar-refractivity contribution in [2.24, 2.45) is 5.10 Å². The van der Waals surface area contributed by atoms with Crippen LogP contribution in [0.3, 0.4) is 0 Å². The average Bonchev–Trinajstić information content (AvgIpc) is 3.26. The number of hydrogen-bond donors (Lipinski definition) is 1. The fourth-order valence-corrected chi connectivity index (χ4v) is 2.60. The van der Waals surface area contributed by atoms with E-state index >= 15 is 0 Å². The molecule has 26 heavy (non-hydrogen) atoms. The van der Waals surface area contributed by atoms with Gasteiger partial charge in [-0.1, -0.05) is 18.2 Å². The molecule has 0 aliphatic carbocycles. The van der Waals surface area contributed by atoms with E-state index in [4.69, 9.17) is 4.42 Å². The van der Waals surface area contributed by atoms with Crippen molar-refractivity contribution in [3.05, 3.63) is 79.6 Å². The second-order valence-electron chi connectivity index (χ2n) is 5.14. The molecular formula is C16H12IN5O4. The molecule has 1 aromatic carbocycles. The van der Waals surface area contributed by atoms with Gasteiger partial charge >= 0.3 is 11.6 Å². The summed E-state index contributed by atoms with van der Waals surface area (Å²) < 4.78 is 7.79. The van der Waals surface area contributed by atoms with Crippen LogP contribution in [0.25, 0.3) is 0 Å². The lowest BCUT2D eigenvalue weighted by Gasteiger charge is -1.99. The minimum Gasteiger partial charge on any atom is -0.454 e. The predicted molar refractivity (Wildman–Crippen MR) is 101 cm³/mol. The summed E-state index contributed by atoms with van der Waals surface area (Å²) in [5.74, 6) is 0.0289. The summed E-state index contributed by atoms with van der Waals surface area (Å²) in [4.78, 5) is 22.2. The molecule has 1 N–H and O–H groups in total. The molecule has 9 nitrogen and oxygen atoms in total. The van der Waals surface area contributed by atoms with Gasteiger partial charge in [0.25, 0.3) is 0 Å². The second-order valence-corrected chi connectivity index (χ2v) is 6.30. The maximum atomic E-state index is 12.0. The molecule has 0 aliphatic heterocycles. The van der Waals surface area contributed by atoms with Crippen molar-refractivity contribution in [3.63, 3.8) is 0 Å². The average molecular weight is 465 g/mol. The monoisotopic (exact) mass is 465 g/mol. The largest absolute Gasteiger partial charge is 0.454 e. The number of hydrazone groups is 1. The summed E-state index contributed by atoms with van der Waals surface area (Å²) in [5.41, 5.74) is 3.16. The molecule has 0 saturated heterocycles. The standard InChI is InChI=1S/C16H12IN5O4/c17-14-4-2-1-3-11(14)7-18-20-16(23)15-6-5-13(26-15)10-21-9-12(8-19-21)22(24)25/h1-9H,10H2,(H,20,23). The molecule has 1 amide bonds. The number of nitrogens with zero attached hydrogens (tertiary/aromatic N) is 4. The number of nitro groups is 1. The van der Waals surface area contributed by atoms with E-state index in [1.807, 2.05) is 24.3 Å². The first kappa shape index (κ1) is 17.8. The lowest BCUT2D eigenvalue weighted by Crippen LogP contribution is -2.16. The van der Waals surface area contributed by atoms with Gasteiger partial charge in [-0.3, -0.25) is 19.6 Å². The SMILES string of the molecule is O=C(NN=Cc1ccccc1I)c1ccc(Cn2cc([N+](=O)[O-])cn2)o1. The number of benzene rings is 1. The third kappa shape index (κ3) is 4.33. The number of rotatable bonds is 6. The van der Waals surface area contributed by atoms with Crippen molar-refractivity contribution in [1.82, 2.24) is 15.2 Å². The molecule has 0 aliphatic rings. The first-order valence-electron chi connectivity index (χ1n) is 7.36. The number of carbonyl (C=O) groups is 1. The molecule has 0 fully saturated rings. The van der Waals surface area contributed by atoms with Gasteiger partial charge in [0.1, 0.15) is 18.2 Å². The van der Waals surface area contributed by atoms with E-state index in [2.05, 4.69) is 38.2 Å². The number of aromatic nitrogens is 2. The van der Waals surface area contributed by atoms with E-state index in [1.54, 1.807) is 12.3 Å². The Morgan fingerprint density at radius 3 is 2.92 bits per heavy atom. The Hall–Kier alpha value is -3.02. The Kier molecular flexibility index (Phi) is 5.41. The number of carbonyl (C=O) groups excluding carboxylic acids is 1. The zero-order valence-electron chi connectivity index (χ0n) is 13.2. The minimum atomic E-state index is -0.531. The summed E-state index contributed by atoms with van der Waals surface area (Å²) in [7, 11) is 0. The normalized spacial score (nSPS) is 11.0. The summed E-state index contributed by atoms with van der Waals surface area (Å²) >= 11 is 2.18. The van der Waals surface area contributed by atoms with Crippen molar-refractivity contribution >= 4 is 40.4 Å². The zero-order chi connectivity index (χ0) is 18.5. The van der Waals surface area contributed by atoms with Crippen LogP contribution in [0.2, 0.25) is 0 Å². The highest BCUT2D eigenvalue weighted by Gasteiger charge is 2.13. The first-order valence-corrected chi connectivity index (χ1v) is 8.44. The van der Waals surface area contributed by atoms with Gasteiger partial charge < -0.3 is 4.42 Å². The van der Waals surface area contributed by atoms with Crippen LogP contribution in [-0.4, -0.2) is 26.8 Å². The van der Waals surface area contributed by atoms with Crippen LogP contribution in [0.4, 0.5) is 5.69 Å². The van der Waals surface area contributed by atoms with Gasteiger partial charge in [0, 0.05) is 9.13 Å². The molecule has 10 heteroatoms. The molecule has 0 spiro atoms. The molecule has 3 rings (SSSR count). The van der Waals surface area contributed by atoms with Gasteiger partial charge in [0.15, 0.2) is 5.76 Å². The molecule has 3 aromatic rings. The van der Waals surface area contributed by atoms with Gasteiger partial charge in [0.2, 0.25) is 0 Å². The number of hydrogen-bond acceptors (Lipinski definition) is 6. The summed E-state index contributed by atoms with van der Waals surface area (Å²) in [5, 5.41) is 18.4. The van der Waals surface area contributed by atoms with Gasteiger partial charge in [0.05, 0.1) is 17.7 Å². The van der Waals surface area contributed by atoms with Crippen molar-refractivity contribution < 1.29 is 14.1 Å². The van der Waals surface area contributed by atoms with E-state index in [0.717, 1.165) is 15.3 Å². The number of halogens is 1. The highest BCUT2D eigenvalue weighted by Crippen LogP contribution is 2.13. The number of amides is 1. The lowest BCUT2D eigenvalue weighted by molar-refractivity contribution is -0.385. The molecule has 0 radical (unpaired) electrons. The maximum Gasteiger partial charge on any atom is 0.307 e. The van der Waals surface area contributed by atoms with Crippen LogP contribution in [0.15, 0.2) is 58.3 Å². The van der Waals surface area contributed by atoms with E-state index in [0.29, 0.717) is 5.76 Å². The summed E-state index contributed by atoms with van der Waals surface area (Å²) in [6.45, 7) is 0.173. The summed E-state index contributed by atoms with van der Waals surface area (Å²) in [6.07, 6.45) is 3.98. The summed E-state index contributed by atoms with van der Waals surface area (Å²) in [6, 6.07) is 10.7. The smallest absolute Gasteiger partial charge is 0.307 e. The van der Waals surface area contributed by atoms with Gasteiger partial charge in [-0.15, -0.1) is 0 Å². The Morgan fingerprint density at radius 1 is 1.38 bits per heavy atom. The Bertz CT molecular complexity index is 978. The van der Waals surface area contributed by atoms with Gasteiger partial charge in [-0.25, -0.2) is 5.43 Å². The fourth-order valence-electron chi connectivity index (χ4n) is 2.07. The van der Waals surface area contributed by atoms with Gasteiger partial charge in [-0.2, -0.15) is 10.2 Å². The van der Waals surface area contributed by atoms with Crippen LogP contribution < -0.4 is 5.43 Å². The Labute approximate surface area is 161 Å². The molecule has 2 heterocycles. The Balaban J connectivity index is 1.60. The van der Waals surface area contributed by atoms with Crippen LogP contribution in [0, 0.1) is 13.7 Å². The van der Waals surface area contributed by atoms with Crippen LogP contribution in [-0.2, 0) is 6.54 Å². The quantitative estimate of drug-likeness (QED) is 0.260. The van der Waals surface area contributed by atoms with E-state index in [1.165, 1.54) is 16.9 Å². The highest BCUT2D eigenvalue weighted by molar-refractivity contribution is 14.1. The fraction of sp³-hybridized carbons (Fsp3) is 0.0625. The third-order valence-corrected chi connectivity index (χ3v) is 4.29. The van der Waals surface area contributed by atoms with Crippen LogP contribution in [0.1, 0.15) is 21.9 Å². The maximum absolute atomic E-state index is 12.0. The zero-order valence-corrected chi connectivity index (χ0v) is 15.4. The van der Waals surface area contributed by atoms with E-state index < -0.39 is 10.8 Å². The first-order chi connectivity index (χ1) is 12.5. The van der Waals surface area contributed by atoms with Crippen molar-refractivity contribution in [1.29, 1.82) is 0 Å². The van der Waals surface area contributed by atoms with Crippen LogP contribution >= 0.6 is 22.6 Å². The van der Waals surface area contributed by atoms with Gasteiger partial charge in [-0.05, 0) is 40.8 Å². The second kappa shape index (κ2) is 7.91. The molecule has 0 bridgehead atoms. The van der Waals surface area contributed by atoms with E-state index in [-0.39, 0.29) is 18.0 Å². The highest BCUT2D eigenvalue weighted by atomic mass is 127. The Morgan fingerprint density at radius 2 is 2.19 bits per heavy atom. The van der Waals surface area contributed by atoms with Crippen molar-refractivity contribution in [2.45, 2.75) is 6.54 Å². The van der Waals surface area contributed by atoms with Crippen molar-refractivity contribution in [3.8, 4) is 0 Å². The molecule has 0 saturated carbocycles. The molecule has 0 unspecified atom stereocenters. The predicted octanol–water partition coefficient (Wildman–Crippen LogP) is 2.80.